The standard InChI is InChI=1S/C19H29FN2O6/c20-15(18(26)22-10-6-2-1-5-9-21)12-7-3-4-8-14(12)28-19-17(25)16(24)13(23)11-27-19/h3-4,7-8,13,15-17,19,23-25H,1-2,5-6,9-11,21H2,(H,22,26). The number of unbranched alkanes of at least 4 members (excludes halogenated alkanes) is 3. The molecular formula is C19H29FN2O6. The van der Waals surface area contributed by atoms with Crippen LogP contribution in [0.1, 0.15) is 37.4 Å². The third kappa shape index (κ3) is 6.11. The first-order valence-electron chi connectivity index (χ1n) is 9.49. The van der Waals surface area contributed by atoms with Crippen molar-refractivity contribution < 1.29 is 34.0 Å². The SMILES string of the molecule is NCCCCCCNC(=O)C(F)c1ccccc1OC1OCC(O)C(O)C1O. The van der Waals surface area contributed by atoms with Gasteiger partial charge < -0.3 is 35.8 Å². The number of aliphatic hydroxyl groups is 3. The number of nitrogens with one attached hydrogen (secondary N) is 1. The number of carbonyl (C=O) groups is 1. The minimum absolute atomic E-state index is 0.0143. The zero-order valence-electron chi connectivity index (χ0n) is 15.7. The lowest BCUT2D eigenvalue weighted by Crippen LogP contribution is -2.54. The highest BCUT2D eigenvalue weighted by molar-refractivity contribution is 5.82. The molecule has 1 aromatic carbocycles. The average Bonchev–Trinajstić information content (AvgIpc) is 2.70. The molecule has 28 heavy (non-hydrogen) atoms. The summed E-state index contributed by atoms with van der Waals surface area (Å²) < 4.78 is 25.4. The van der Waals surface area contributed by atoms with Crippen molar-refractivity contribution in [2.24, 2.45) is 5.73 Å². The fraction of sp³-hybridized carbons (Fsp3) is 0.632. The predicted octanol–water partition coefficient (Wildman–Crippen LogP) is 0.150. The molecule has 1 aliphatic rings. The van der Waals surface area contributed by atoms with E-state index in [-0.39, 0.29) is 17.9 Å². The van der Waals surface area contributed by atoms with Gasteiger partial charge in [0.1, 0.15) is 24.1 Å². The van der Waals surface area contributed by atoms with Gasteiger partial charge in [0.15, 0.2) is 0 Å². The summed E-state index contributed by atoms with van der Waals surface area (Å²) in [5, 5.41) is 31.7. The molecule has 5 unspecified atom stereocenters. The van der Waals surface area contributed by atoms with E-state index in [2.05, 4.69) is 5.32 Å². The molecular weight excluding hydrogens is 371 g/mol. The third-order valence-electron chi connectivity index (χ3n) is 4.55. The highest BCUT2D eigenvalue weighted by Gasteiger charge is 2.39. The molecule has 158 valence electrons. The molecule has 6 N–H and O–H groups in total. The number of nitrogens with two attached hydrogens (primary N) is 1. The summed E-state index contributed by atoms with van der Waals surface area (Å²) in [6, 6.07) is 5.99. The third-order valence-corrected chi connectivity index (χ3v) is 4.55. The molecule has 0 spiro atoms. The molecule has 0 radical (unpaired) electrons. The Morgan fingerprint density at radius 2 is 1.93 bits per heavy atom. The zero-order valence-corrected chi connectivity index (χ0v) is 15.7. The summed E-state index contributed by atoms with van der Waals surface area (Å²) in [5.74, 6) is -0.767. The van der Waals surface area contributed by atoms with Crippen LogP contribution in [-0.4, -0.2) is 65.5 Å². The molecule has 5 atom stereocenters. The summed E-state index contributed by atoms with van der Waals surface area (Å²) >= 11 is 0. The first-order chi connectivity index (χ1) is 13.5. The van der Waals surface area contributed by atoms with Gasteiger partial charge in [0.05, 0.1) is 6.61 Å². The van der Waals surface area contributed by atoms with Crippen molar-refractivity contribution in [3.05, 3.63) is 29.8 Å². The van der Waals surface area contributed by atoms with Crippen LogP contribution in [0.3, 0.4) is 0 Å². The molecule has 0 saturated carbocycles. The number of carbonyl (C=O) groups excluding carboxylic acids is 1. The van der Waals surface area contributed by atoms with Crippen molar-refractivity contribution in [2.75, 3.05) is 19.7 Å². The molecule has 2 rings (SSSR count). The fourth-order valence-electron chi connectivity index (χ4n) is 2.87. The van der Waals surface area contributed by atoms with Gasteiger partial charge in [0, 0.05) is 12.1 Å². The predicted molar refractivity (Wildman–Crippen MR) is 99.2 cm³/mol. The summed E-state index contributed by atoms with van der Waals surface area (Å²) in [6.07, 6.45) is -3.94. The van der Waals surface area contributed by atoms with E-state index >= 15 is 0 Å². The van der Waals surface area contributed by atoms with E-state index in [4.69, 9.17) is 15.2 Å². The Hall–Kier alpha value is -1.78. The molecule has 1 heterocycles. The molecule has 1 fully saturated rings. The van der Waals surface area contributed by atoms with Gasteiger partial charge in [-0.15, -0.1) is 0 Å². The Bertz CT molecular complexity index is 620. The van der Waals surface area contributed by atoms with Gasteiger partial charge in [0.25, 0.3) is 5.91 Å². The van der Waals surface area contributed by atoms with Crippen LogP contribution in [0.15, 0.2) is 24.3 Å². The maximum atomic E-state index is 14.7. The number of hydrogen-bond acceptors (Lipinski definition) is 7. The number of benzene rings is 1. The van der Waals surface area contributed by atoms with Gasteiger partial charge in [-0.05, 0) is 25.5 Å². The van der Waals surface area contributed by atoms with Gasteiger partial charge >= 0.3 is 0 Å². The number of alkyl halides is 1. The van der Waals surface area contributed by atoms with Crippen molar-refractivity contribution in [2.45, 2.75) is 56.5 Å². The molecule has 0 aliphatic carbocycles. The highest BCUT2D eigenvalue weighted by Crippen LogP contribution is 2.30. The Balaban J connectivity index is 1.94. The maximum Gasteiger partial charge on any atom is 0.259 e. The van der Waals surface area contributed by atoms with E-state index in [1.165, 1.54) is 12.1 Å². The molecule has 1 amide bonds. The Labute approximate surface area is 163 Å². The molecule has 9 heteroatoms. The largest absolute Gasteiger partial charge is 0.462 e. The minimum atomic E-state index is -1.96. The number of rotatable bonds is 10. The van der Waals surface area contributed by atoms with Crippen molar-refractivity contribution in [3.8, 4) is 5.75 Å². The van der Waals surface area contributed by atoms with E-state index in [0.29, 0.717) is 13.1 Å². The molecule has 0 aromatic heterocycles. The number of hydrogen-bond donors (Lipinski definition) is 5. The quantitative estimate of drug-likeness (QED) is 0.353. The van der Waals surface area contributed by atoms with Gasteiger partial charge in [-0.1, -0.05) is 31.0 Å². The maximum absolute atomic E-state index is 14.7. The van der Waals surface area contributed by atoms with Crippen molar-refractivity contribution >= 4 is 5.91 Å². The van der Waals surface area contributed by atoms with E-state index in [1.54, 1.807) is 12.1 Å². The van der Waals surface area contributed by atoms with Crippen LogP contribution in [0.25, 0.3) is 0 Å². The summed E-state index contributed by atoms with van der Waals surface area (Å²) in [5.41, 5.74) is 5.40. The normalized spacial score (nSPS) is 25.9. The first kappa shape index (κ1) is 22.5. The van der Waals surface area contributed by atoms with E-state index in [9.17, 15) is 24.5 Å². The van der Waals surface area contributed by atoms with Crippen LogP contribution in [-0.2, 0) is 9.53 Å². The lowest BCUT2D eigenvalue weighted by molar-refractivity contribution is -0.242. The number of amides is 1. The Morgan fingerprint density at radius 3 is 2.68 bits per heavy atom. The fourth-order valence-corrected chi connectivity index (χ4v) is 2.87. The monoisotopic (exact) mass is 400 g/mol. The van der Waals surface area contributed by atoms with E-state index < -0.39 is 36.7 Å². The van der Waals surface area contributed by atoms with Crippen LogP contribution >= 0.6 is 0 Å². The van der Waals surface area contributed by atoms with Crippen LogP contribution in [0.5, 0.6) is 5.75 Å². The lowest BCUT2D eigenvalue weighted by atomic mass is 10.1. The van der Waals surface area contributed by atoms with Crippen LogP contribution < -0.4 is 15.8 Å². The Kier molecular flexibility index (Phi) is 9.07. The number of halogens is 1. The van der Waals surface area contributed by atoms with Crippen LogP contribution in [0.4, 0.5) is 4.39 Å². The summed E-state index contributed by atoms with van der Waals surface area (Å²) in [6.45, 7) is 0.751. The van der Waals surface area contributed by atoms with E-state index in [0.717, 1.165) is 25.7 Å². The van der Waals surface area contributed by atoms with Crippen molar-refractivity contribution in [1.82, 2.24) is 5.32 Å². The molecule has 8 nitrogen and oxygen atoms in total. The van der Waals surface area contributed by atoms with Crippen LogP contribution in [0.2, 0.25) is 0 Å². The smallest absolute Gasteiger partial charge is 0.259 e. The van der Waals surface area contributed by atoms with Crippen molar-refractivity contribution in [1.29, 1.82) is 0 Å². The summed E-state index contributed by atoms with van der Waals surface area (Å²) in [7, 11) is 0. The van der Waals surface area contributed by atoms with Gasteiger partial charge in [-0.25, -0.2) is 4.39 Å². The second-order valence-electron chi connectivity index (χ2n) is 6.76. The van der Waals surface area contributed by atoms with Gasteiger partial charge in [0.2, 0.25) is 12.5 Å². The number of ether oxygens (including phenoxy) is 2. The highest BCUT2D eigenvalue weighted by atomic mass is 19.1. The average molecular weight is 400 g/mol. The van der Waals surface area contributed by atoms with Crippen LogP contribution in [0, 0.1) is 0 Å². The first-order valence-corrected chi connectivity index (χ1v) is 9.49. The van der Waals surface area contributed by atoms with Gasteiger partial charge in [-0.3, -0.25) is 4.79 Å². The molecule has 1 aliphatic heterocycles. The zero-order chi connectivity index (χ0) is 20.5. The van der Waals surface area contributed by atoms with Crippen molar-refractivity contribution in [3.63, 3.8) is 0 Å². The topological polar surface area (TPSA) is 134 Å². The molecule has 1 saturated heterocycles. The number of aliphatic hydroxyl groups excluding tert-OH is 3. The molecule has 1 aromatic rings. The minimum Gasteiger partial charge on any atom is -0.462 e. The van der Waals surface area contributed by atoms with Gasteiger partial charge in [-0.2, -0.15) is 0 Å². The number of para-hydroxylation sites is 1. The summed E-state index contributed by atoms with van der Waals surface area (Å²) in [4.78, 5) is 12.1. The second kappa shape index (κ2) is 11.3. The molecule has 0 bridgehead atoms. The van der Waals surface area contributed by atoms with E-state index in [1.807, 2.05) is 0 Å². The lowest BCUT2D eigenvalue weighted by Gasteiger charge is -2.35. The second-order valence-corrected chi connectivity index (χ2v) is 6.76. The Morgan fingerprint density at radius 1 is 1.21 bits per heavy atom.